The van der Waals surface area contributed by atoms with E-state index in [0.29, 0.717) is 16.9 Å². The van der Waals surface area contributed by atoms with E-state index in [1.54, 1.807) is 13.0 Å². The SMILES string of the molecule is CC/C=C(C)/C=C(\C=C(/C)OC)c1cc(F)c(COc2ccc(ON(O)F)cc2)c(F)c1. The Morgan fingerprint density at radius 3 is 2.16 bits per heavy atom. The van der Waals surface area contributed by atoms with Crippen LogP contribution in [0.5, 0.6) is 11.5 Å². The van der Waals surface area contributed by atoms with Crippen LogP contribution >= 0.6 is 0 Å². The summed E-state index contributed by atoms with van der Waals surface area (Å²) in [6.45, 7) is 5.32. The van der Waals surface area contributed by atoms with E-state index >= 15 is 0 Å². The molecule has 0 amide bonds. The van der Waals surface area contributed by atoms with Crippen molar-refractivity contribution in [3.05, 3.63) is 88.7 Å². The molecule has 0 aromatic heterocycles. The highest BCUT2D eigenvalue weighted by atomic mass is 19.2. The van der Waals surface area contributed by atoms with E-state index in [0.717, 1.165) is 12.0 Å². The zero-order chi connectivity index (χ0) is 23.7. The molecule has 0 aliphatic rings. The number of benzene rings is 2. The van der Waals surface area contributed by atoms with Crippen LogP contribution in [0.2, 0.25) is 0 Å². The smallest absolute Gasteiger partial charge is 0.167 e. The molecule has 0 saturated heterocycles. The molecule has 0 radical (unpaired) electrons. The number of rotatable bonds is 10. The first kappa shape index (κ1) is 25.0. The maximum absolute atomic E-state index is 14.8. The van der Waals surface area contributed by atoms with Gasteiger partial charge in [-0.15, -0.1) is 0 Å². The van der Waals surface area contributed by atoms with Gasteiger partial charge in [0.15, 0.2) is 11.2 Å². The first-order valence-electron chi connectivity index (χ1n) is 9.88. The second-order valence-corrected chi connectivity index (χ2v) is 6.91. The van der Waals surface area contributed by atoms with Crippen LogP contribution in [0.3, 0.4) is 0 Å². The first-order valence-corrected chi connectivity index (χ1v) is 9.88. The van der Waals surface area contributed by atoms with E-state index < -0.39 is 17.1 Å². The molecule has 0 aliphatic carbocycles. The van der Waals surface area contributed by atoms with E-state index in [-0.39, 0.29) is 23.7 Å². The Labute approximate surface area is 185 Å². The predicted octanol–water partition coefficient (Wildman–Crippen LogP) is 6.70. The van der Waals surface area contributed by atoms with Crippen molar-refractivity contribution in [3.8, 4) is 11.5 Å². The number of allylic oxidation sites excluding steroid dienone is 6. The van der Waals surface area contributed by atoms with Crippen LogP contribution in [0, 0.1) is 11.6 Å². The minimum atomic E-state index is -0.937. The van der Waals surface area contributed by atoms with Gasteiger partial charge in [-0.05, 0) is 73.9 Å². The maximum atomic E-state index is 14.8. The molecule has 2 aromatic carbocycles. The van der Waals surface area contributed by atoms with Gasteiger partial charge in [-0.25, -0.2) is 8.78 Å². The quantitative estimate of drug-likeness (QED) is 0.189. The van der Waals surface area contributed by atoms with Crippen LogP contribution in [0.15, 0.2) is 66.0 Å². The molecule has 2 rings (SSSR count). The molecule has 5 nitrogen and oxygen atoms in total. The molecule has 0 heterocycles. The molecular weight excluding hydrogens is 423 g/mol. The van der Waals surface area contributed by atoms with Crippen molar-refractivity contribution in [1.29, 1.82) is 0 Å². The van der Waals surface area contributed by atoms with Crippen LogP contribution in [-0.2, 0) is 11.3 Å². The molecule has 0 bridgehead atoms. The van der Waals surface area contributed by atoms with Gasteiger partial charge in [0.1, 0.15) is 24.0 Å². The minimum Gasteiger partial charge on any atom is -0.501 e. The van der Waals surface area contributed by atoms with Crippen LogP contribution in [-0.4, -0.2) is 17.8 Å². The van der Waals surface area contributed by atoms with Crippen LogP contribution in [0.1, 0.15) is 38.3 Å². The zero-order valence-electron chi connectivity index (χ0n) is 18.4. The molecule has 0 saturated carbocycles. The van der Waals surface area contributed by atoms with Gasteiger partial charge in [0, 0.05) is 0 Å². The van der Waals surface area contributed by atoms with Crippen molar-refractivity contribution in [2.75, 3.05) is 7.11 Å². The number of hydrogen-bond donors (Lipinski definition) is 1. The van der Waals surface area contributed by atoms with Crippen molar-refractivity contribution in [2.24, 2.45) is 0 Å². The minimum absolute atomic E-state index is 0.00945. The molecule has 172 valence electrons. The summed E-state index contributed by atoms with van der Waals surface area (Å²) in [5.74, 6) is -0.615. The lowest BCUT2D eigenvalue weighted by molar-refractivity contribution is -0.397. The van der Waals surface area contributed by atoms with Gasteiger partial charge in [0.2, 0.25) is 0 Å². The van der Waals surface area contributed by atoms with Gasteiger partial charge in [-0.3, -0.25) is 5.21 Å². The van der Waals surface area contributed by atoms with E-state index in [2.05, 4.69) is 4.84 Å². The van der Waals surface area contributed by atoms with Crippen LogP contribution < -0.4 is 9.57 Å². The first-order chi connectivity index (χ1) is 15.2. The Balaban J connectivity index is 2.26. The fourth-order valence-electron chi connectivity index (χ4n) is 2.86. The molecule has 8 heteroatoms. The zero-order valence-corrected chi connectivity index (χ0v) is 18.4. The highest BCUT2D eigenvalue weighted by Gasteiger charge is 2.14. The van der Waals surface area contributed by atoms with E-state index in [1.165, 1.54) is 43.5 Å². The Bertz CT molecular complexity index is 976. The van der Waals surface area contributed by atoms with Gasteiger partial charge in [0.05, 0.1) is 18.4 Å². The molecular formula is C24H26F3NO4. The third-order valence-electron chi connectivity index (χ3n) is 4.45. The lowest BCUT2D eigenvalue weighted by Gasteiger charge is -2.12. The average molecular weight is 449 g/mol. The van der Waals surface area contributed by atoms with Crippen LogP contribution in [0.4, 0.5) is 13.3 Å². The summed E-state index contributed by atoms with van der Waals surface area (Å²) >= 11 is 0. The van der Waals surface area contributed by atoms with E-state index in [1.807, 2.05) is 26.0 Å². The molecule has 0 spiro atoms. The van der Waals surface area contributed by atoms with E-state index in [4.69, 9.17) is 14.7 Å². The normalized spacial score (nSPS) is 12.8. The molecule has 2 aromatic rings. The number of ether oxygens (including phenoxy) is 2. The summed E-state index contributed by atoms with van der Waals surface area (Å²) in [5, 5.41) is 8.40. The summed E-state index contributed by atoms with van der Waals surface area (Å²) in [6, 6.07) is 7.96. The lowest BCUT2D eigenvalue weighted by Crippen LogP contribution is -2.11. The van der Waals surface area contributed by atoms with Crippen molar-refractivity contribution in [1.82, 2.24) is 5.45 Å². The Hall–Kier alpha value is -3.23. The standard InChI is InChI=1S/C24H26F3NO4/c1-5-6-16(2)11-18(12-17(3)30-4)19-13-23(25)22(24(26)14-19)15-31-20-7-9-21(10-8-20)32-28(27)29/h6-14,29H,5,15H2,1-4H3/b16-6+,17-12+,18-11+. The summed E-state index contributed by atoms with van der Waals surface area (Å²) in [7, 11) is 1.52. The van der Waals surface area contributed by atoms with Gasteiger partial charge in [-0.1, -0.05) is 29.1 Å². The largest absolute Gasteiger partial charge is 0.501 e. The Morgan fingerprint density at radius 1 is 1.03 bits per heavy atom. The molecule has 0 fully saturated rings. The summed E-state index contributed by atoms with van der Waals surface area (Å²) < 4.78 is 52.4. The number of hydrogen-bond acceptors (Lipinski definition) is 5. The molecule has 0 atom stereocenters. The van der Waals surface area contributed by atoms with Crippen LogP contribution in [0.25, 0.3) is 5.57 Å². The summed E-state index contributed by atoms with van der Waals surface area (Å²) in [4.78, 5) is 4.31. The van der Waals surface area contributed by atoms with Crippen molar-refractivity contribution < 1.29 is 32.8 Å². The summed E-state index contributed by atoms with van der Waals surface area (Å²) in [5.41, 5.74) is 0.768. The van der Waals surface area contributed by atoms with Crippen molar-refractivity contribution in [2.45, 2.75) is 33.8 Å². The molecule has 32 heavy (non-hydrogen) atoms. The van der Waals surface area contributed by atoms with E-state index in [9.17, 15) is 13.3 Å². The topological polar surface area (TPSA) is 51.2 Å². The average Bonchev–Trinajstić information content (AvgIpc) is 2.73. The third-order valence-corrected chi connectivity index (χ3v) is 4.45. The lowest BCUT2D eigenvalue weighted by atomic mass is 10.00. The second kappa shape index (κ2) is 12.0. The predicted molar refractivity (Wildman–Crippen MR) is 115 cm³/mol. The fraction of sp³-hybridized carbons (Fsp3) is 0.250. The number of nitrogens with zero attached hydrogens (tertiary/aromatic N) is 1. The third kappa shape index (κ3) is 7.47. The Kier molecular flexibility index (Phi) is 9.37. The summed E-state index contributed by atoms with van der Waals surface area (Å²) in [6.07, 6.45) is 6.39. The molecule has 1 N–H and O–H groups in total. The Morgan fingerprint density at radius 2 is 1.62 bits per heavy atom. The maximum Gasteiger partial charge on any atom is 0.167 e. The van der Waals surface area contributed by atoms with Gasteiger partial charge >= 0.3 is 0 Å². The fourth-order valence-corrected chi connectivity index (χ4v) is 2.86. The molecule has 0 unspecified atom stereocenters. The second-order valence-electron chi connectivity index (χ2n) is 6.91. The highest BCUT2D eigenvalue weighted by Crippen LogP contribution is 2.26. The van der Waals surface area contributed by atoms with Gasteiger partial charge < -0.3 is 14.3 Å². The number of halogens is 3. The highest BCUT2D eigenvalue weighted by molar-refractivity contribution is 5.76. The van der Waals surface area contributed by atoms with Gasteiger partial charge in [0.25, 0.3) is 0 Å². The monoisotopic (exact) mass is 449 g/mol. The van der Waals surface area contributed by atoms with Crippen molar-refractivity contribution >= 4 is 5.57 Å². The van der Waals surface area contributed by atoms with Gasteiger partial charge in [-0.2, -0.15) is 0 Å². The number of methoxy groups -OCH3 is 1. The molecule has 0 aliphatic heterocycles. The van der Waals surface area contributed by atoms with Crippen molar-refractivity contribution in [3.63, 3.8) is 0 Å².